The molecule has 1 aliphatic rings. The van der Waals surface area contributed by atoms with E-state index in [-0.39, 0.29) is 12.0 Å². The van der Waals surface area contributed by atoms with Crippen LogP contribution in [0.4, 0.5) is 8.78 Å². The van der Waals surface area contributed by atoms with Crippen molar-refractivity contribution in [1.82, 2.24) is 5.32 Å². The second kappa shape index (κ2) is 4.41. The van der Waals surface area contributed by atoms with Gasteiger partial charge < -0.3 is 10.4 Å². The summed E-state index contributed by atoms with van der Waals surface area (Å²) in [6.07, 6.45) is 1.65. The van der Waals surface area contributed by atoms with E-state index in [1.165, 1.54) is 6.07 Å². The van der Waals surface area contributed by atoms with Crippen molar-refractivity contribution in [3.05, 3.63) is 35.4 Å². The highest BCUT2D eigenvalue weighted by Gasteiger charge is 2.44. The van der Waals surface area contributed by atoms with Crippen molar-refractivity contribution in [2.45, 2.75) is 24.8 Å². The zero-order valence-corrected chi connectivity index (χ0v) is 9.17. The van der Waals surface area contributed by atoms with Crippen LogP contribution in [0.15, 0.2) is 18.2 Å². The fourth-order valence-electron chi connectivity index (χ4n) is 1.90. The summed E-state index contributed by atoms with van der Waals surface area (Å²) in [6.45, 7) is 0.328. The van der Waals surface area contributed by atoms with Gasteiger partial charge in [-0.2, -0.15) is 0 Å². The molecule has 0 unspecified atom stereocenters. The number of benzene rings is 1. The van der Waals surface area contributed by atoms with Gasteiger partial charge in [0.05, 0.1) is 6.42 Å². The molecule has 0 heterocycles. The standard InChI is InChI=1S/C12H13F2NO2/c13-9-2-1-8(7-10(9)14)12(4-5-12)15-6-3-11(16)17/h1-2,7,15H,3-6H2,(H,16,17). The third-order valence-corrected chi connectivity index (χ3v) is 3.02. The molecule has 0 bridgehead atoms. The molecule has 1 fully saturated rings. The summed E-state index contributed by atoms with van der Waals surface area (Å²) in [5.41, 5.74) is 0.325. The second-order valence-electron chi connectivity index (χ2n) is 4.28. The van der Waals surface area contributed by atoms with Gasteiger partial charge in [0.15, 0.2) is 11.6 Å². The lowest BCUT2D eigenvalue weighted by atomic mass is 10.0. The summed E-state index contributed by atoms with van der Waals surface area (Å²) in [6, 6.07) is 3.82. The number of hydrogen-bond acceptors (Lipinski definition) is 2. The molecule has 2 rings (SSSR count). The van der Waals surface area contributed by atoms with E-state index < -0.39 is 17.6 Å². The molecule has 0 radical (unpaired) electrons. The normalized spacial score (nSPS) is 16.8. The van der Waals surface area contributed by atoms with Gasteiger partial charge in [0.1, 0.15) is 0 Å². The highest BCUT2D eigenvalue weighted by Crippen LogP contribution is 2.45. The van der Waals surface area contributed by atoms with E-state index in [0.29, 0.717) is 12.1 Å². The first-order chi connectivity index (χ1) is 8.03. The van der Waals surface area contributed by atoms with Crippen LogP contribution in [0.25, 0.3) is 0 Å². The van der Waals surface area contributed by atoms with Crippen LogP contribution in [0.5, 0.6) is 0 Å². The summed E-state index contributed by atoms with van der Waals surface area (Å²) < 4.78 is 25.9. The summed E-state index contributed by atoms with van der Waals surface area (Å²) >= 11 is 0. The van der Waals surface area contributed by atoms with Gasteiger partial charge in [0, 0.05) is 12.1 Å². The molecule has 0 saturated heterocycles. The monoisotopic (exact) mass is 241 g/mol. The van der Waals surface area contributed by atoms with E-state index in [2.05, 4.69) is 5.32 Å². The minimum absolute atomic E-state index is 0.0193. The van der Waals surface area contributed by atoms with Gasteiger partial charge in [-0.25, -0.2) is 8.78 Å². The van der Waals surface area contributed by atoms with Crippen LogP contribution in [-0.2, 0) is 10.3 Å². The molecule has 1 aromatic carbocycles. The van der Waals surface area contributed by atoms with Crippen LogP contribution < -0.4 is 5.32 Å². The Balaban J connectivity index is 2.05. The number of carboxylic acids is 1. The van der Waals surface area contributed by atoms with Gasteiger partial charge in [-0.1, -0.05) is 6.07 Å². The van der Waals surface area contributed by atoms with E-state index in [1.54, 1.807) is 6.07 Å². The van der Waals surface area contributed by atoms with Crippen LogP contribution in [0.2, 0.25) is 0 Å². The van der Waals surface area contributed by atoms with Gasteiger partial charge in [0.2, 0.25) is 0 Å². The van der Waals surface area contributed by atoms with Crippen molar-refractivity contribution < 1.29 is 18.7 Å². The Morgan fingerprint density at radius 1 is 1.35 bits per heavy atom. The average Bonchev–Trinajstić information content (AvgIpc) is 3.03. The van der Waals surface area contributed by atoms with Crippen LogP contribution in [0, 0.1) is 11.6 Å². The van der Waals surface area contributed by atoms with E-state index in [0.717, 1.165) is 18.9 Å². The Morgan fingerprint density at radius 3 is 2.59 bits per heavy atom. The quantitative estimate of drug-likeness (QED) is 0.829. The molecule has 0 atom stereocenters. The Labute approximate surface area is 97.5 Å². The number of nitrogens with one attached hydrogen (secondary N) is 1. The van der Waals surface area contributed by atoms with Crippen molar-refractivity contribution in [3.8, 4) is 0 Å². The SMILES string of the molecule is O=C(O)CCNC1(c2ccc(F)c(F)c2)CC1. The van der Waals surface area contributed by atoms with Crippen LogP contribution in [-0.4, -0.2) is 17.6 Å². The maximum atomic E-state index is 13.1. The van der Waals surface area contributed by atoms with Crippen LogP contribution >= 0.6 is 0 Å². The predicted octanol–water partition coefficient (Wildman–Crippen LogP) is 2.02. The van der Waals surface area contributed by atoms with Crippen molar-refractivity contribution >= 4 is 5.97 Å². The lowest BCUT2D eigenvalue weighted by Crippen LogP contribution is -2.31. The van der Waals surface area contributed by atoms with Gasteiger partial charge in [-0.05, 0) is 30.5 Å². The molecule has 0 aliphatic heterocycles. The van der Waals surface area contributed by atoms with Crippen molar-refractivity contribution in [1.29, 1.82) is 0 Å². The molecule has 0 spiro atoms. The number of hydrogen-bond donors (Lipinski definition) is 2. The maximum absolute atomic E-state index is 13.1. The Morgan fingerprint density at radius 2 is 2.06 bits per heavy atom. The topological polar surface area (TPSA) is 49.3 Å². The molecule has 17 heavy (non-hydrogen) atoms. The number of halogens is 2. The summed E-state index contributed by atoms with van der Waals surface area (Å²) in [5, 5.41) is 11.6. The van der Waals surface area contributed by atoms with Crippen molar-refractivity contribution in [2.75, 3.05) is 6.54 Å². The molecule has 1 aromatic rings. The molecule has 0 aromatic heterocycles. The Hall–Kier alpha value is -1.49. The molecule has 2 N–H and O–H groups in total. The highest BCUT2D eigenvalue weighted by molar-refractivity contribution is 5.66. The number of aliphatic carboxylic acids is 1. The third-order valence-electron chi connectivity index (χ3n) is 3.02. The Kier molecular flexibility index (Phi) is 3.11. The average molecular weight is 241 g/mol. The zero-order valence-electron chi connectivity index (χ0n) is 9.17. The van der Waals surface area contributed by atoms with E-state index in [1.807, 2.05) is 0 Å². The molecule has 1 saturated carbocycles. The smallest absolute Gasteiger partial charge is 0.304 e. The van der Waals surface area contributed by atoms with Gasteiger partial charge >= 0.3 is 5.97 Å². The van der Waals surface area contributed by atoms with Crippen LogP contribution in [0.3, 0.4) is 0 Å². The van der Waals surface area contributed by atoms with Gasteiger partial charge in [0.25, 0.3) is 0 Å². The first kappa shape index (κ1) is 12.0. The van der Waals surface area contributed by atoms with Crippen molar-refractivity contribution in [2.24, 2.45) is 0 Å². The zero-order chi connectivity index (χ0) is 12.5. The minimum Gasteiger partial charge on any atom is -0.481 e. The first-order valence-corrected chi connectivity index (χ1v) is 5.46. The highest BCUT2D eigenvalue weighted by atomic mass is 19.2. The summed E-state index contributed by atoms with van der Waals surface area (Å²) in [7, 11) is 0. The molecule has 1 aliphatic carbocycles. The lowest BCUT2D eigenvalue weighted by molar-refractivity contribution is -0.136. The lowest BCUT2D eigenvalue weighted by Gasteiger charge is -2.17. The van der Waals surface area contributed by atoms with Gasteiger partial charge in [-0.3, -0.25) is 4.79 Å². The molecule has 5 heteroatoms. The fourth-order valence-corrected chi connectivity index (χ4v) is 1.90. The predicted molar refractivity (Wildman–Crippen MR) is 57.5 cm³/mol. The van der Waals surface area contributed by atoms with E-state index >= 15 is 0 Å². The summed E-state index contributed by atoms with van der Waals surface area (Å²) in [4.78, 5) is 10.4. The third kappa shape index (κ3) is 2.61. The molecule has 0 amide bonds. The maximum Gasteiger partial charge on any atom is 0.304 e. The largest absolute Gasteiger partial charge is 0.481 e. The van der Waals surface area contributed by atoms with Crippen LogP contribution in [0.1, 0.15) is 24.8 Å². The number of rotatable bonds is 5. The molecule has 92 valence electrons. The number of carboxylic acid groups (broad SMARTS) is 1. The molecule has 3 nitrogen and oxygen atoms in total. The van der Waals surface area contributed by atoms with Crippen molar-refractivity contribution in [3.63, 3.8) is 0 Å². The molecular formula is C12H13F2NO2. The number of carbonyl (C=O) groups is 1. The second-order valence-corrected chi connectivity index (χ2v) is 4.28. The van der Waals surface area contributed by atoms with Gasteiger partial charge in [-0.15, -0.1) is 0 Å². The Bertz CT molecular complexity index is 444. The minimum atomic E-state index is -0.876. The first-order valence-electron chi connectivity index (χ1n) is 5.46. The summed E-state index contributed by atoms with van der Waals surface area (Å²) in [5.74, 6) is -2.61. The van der Waals surface area contributed by atoms with E-state index in [4.69, 9.17) is 5.11 Å². The van der Waals surface area contributed by atoms with E-state index in [9.17, 15) is 13.6 Å². The fraction of sp³-hybridized carbons (Fsp3) is 0.417. The molecular weight excluding hydrogens is 228 g/mol.